The van der Waals surface area contributed by atoms with Crippen molar-refractivity contribution in [1.82, 2.24) is 0 Å². The van der Waals surface area contributed by atoms with Gasteiger partial charge in [-0.05, 0) is 43.4 Å². The Hall–Kier alpha value is -1.11. The normalized spacial score (nSPS) is 17.1. The molecule has 1 saturated carbocycles. The molecular weight excluding hydrogens is 208 g/mol. The van der Waals surface area contributed by atoms with Crippen LogP contribution in [-0.4, -0.2) is 5.78 Å². The SMILES string of the molecule is Cc1cccc(C)c1CC(=O)C1CCCCC1. The Kier molecular flexibility index (Phi) is 3.98. The molecular formula is C16H22O. The molecule has 0 N–H and O–H groups in total. The van der Waals surface area contributed by atoms with Gasteiger partial charge in [-0.2, -0.15) is 0 Å². The van der Waals surface area contributed by atoms with E-state index in [1.54, 1.807) is 0 Å². The zero-order chi connectivity index (χ0) is 12.3. The molecule has 0 unspecified atom stereocenters. The van der Waals surface area contributed by atoms with Gasteiger partial charge in [-0.3, -0.25) is 4.79 Å². The second kappa shape index (κ2) is 5.48. The Bertz CT molecular complexity index is 380. The molecule has 0 amide bonds. The van der Waals surface area contributed by atoms with Gasteiger partial charge >= 0.3 is 0 Å². The number of carbonyl (C=O) groups excluding carboxylic acids is 1. The molecule has 0 spiro atoms. The number of hydrogen-bond acceptors (Lipinski definition) is 1. The molecule has 1 nitrogen and oxygen atoms in total. The molecule has 0 atom stereocenters. The predicted molar refractivity (Wildman–Crippen MR) is 71.2 cm³/mol. The number of ketones is 1. The summed E-state index contributed by atoms with van der Waals surface area (Å²) in [5, 5.41) is 0. The lowest BCUT2D eigenvalue weighted by Crippen LogP contribution is -2.20. The second-order valence-electron chi connectivity index (χ2n) is 5.35. The molecule has 92 valence electrons. The first kappa shape index (κ1) is 12.3. The third-order valence-electron chi connectivity index (χ3n) is 4.06. The molecule has 2 rings (SSSR count). The van der Waals surface area contributed by atoms with Crippen LogP contribution < -0.4 is 0 Å². The fraction of sp³-hybridized carbons (Fsp3) is 0.562. The summed E-state index contributed by atoms with van der Waals surface area (Å²) in [6.45, 7) is 4.22. The van der Waals surface area contributed by atoms with Crippen LogP contribution in [0.4, 0.5) is 0 Å². The molecule has 1 aromatic carbocycles. The van der Waals surface area contributed by atoms with Gasteiger partial charge in [0.2, 0.25) is 0 Å². The van der Waals surface area contributed by atoms with Crippen LogP contribution in [0.15, 0.2) is 18.2 Å². The number of Topliss-reactive ketones (excluding diaryl/α,β-unsaturated/α-hetero) is 1. The average molecular weight is 230 g/mol. The van der Waals surface area contributed by atoms with E-state index in [0.29, 0.717) is 18.1 Å². The van der Waals surface area contributed by atoms with Gasteiger partial charge in [-0.15, -0.1) is 0 Å². The summed E-state index contributed by atoms with van der Waals surface area (Å²) >= 11 is 0. The highest BCUT2D eigenvalue weighted by atomic mass is 16.1. The number of hydrogen-bond donors (Lipinski definition) is 0. The summed E-state index contributed by atoms with van der Waals surface area (Å²) in [6.07, 6.45) is 6.66. The summed E-state index contributed by atoms with van der Waals surface area (Å²) in [7, 11) is 0. The van der Waals surface area contributed by atoms with E-state index in [0.717, 1.165) is 12.8 Å². The molecule has 0 heterocycles. The van der Waals surface area contributed by atoms with Crippen molar-refractivity contribution in [3.63, 3.8) is 0 Å². The number of aryl methyl sites for hydroxylation is 2. The van der Waals surface area contributed by atoms with Crippen LogP contribution in [0, 0.1) is 19.8 Å². The highest BCUT2D eigenvalue weighted by molar-refractivity contribution is 5.84. The van der Waals surface area contributed by atoms with E-state index in [-0.39, 0.29) is 0 Å². The van der Waals surface area contributed by atoms with Crippen LogP contribution in [0.3, 0.4) is 0 Å². The third kappa shape index (κ3) is 2.96. The third-order valence-corrected chi connectivity index (χ3v) is 4.06. The molecule has 0 saturated heterocycles. The summed E-state index contributed by atoms with van der Waals surface area (Å²) < 4.78 is 0. The van der Waals surface area contributed by atoms with Gasteiger partial charge in [0.1, 0.15) is 5.78 Å². The van der Waals surface area contributed by atoms with E-state index < -0.39 is 0 Å². The second-order valence-corrected chi connectivity index (χ2v) is 5.35. The molecule has 0 radical (unpaired) electrons. The lowest BCUT2D eigenvalue weighted by Gasteiger charge is -2.21. The first-order chi connectivity index (χ1) is 8.18. The Labute approximate surface area is 104 Å². The molecule has 1 aliphatic rings. The molecule has 1 heteroatoms. The summed E-state index contributed by atoms with van der Waals surface area (Å²) in [4.78, 5) is 12.3. The number of rotatable bonds is 3. The van der Waals surface area contributed by atoms with Gasteiger partial charge in [0.25, 0.3) is 0 Å². The Morgan fingerprint density at radius 3 is 2.29 bits per heavy atom. The van der Waals surface area contributed by atoms with Crippen LogP contribution in [0.25, 0.3) is 0 Å². The van der Waals surface area contributed by atoms with E-state index in [9.17, 15) is 4.79 Å². The summed E-state index contributed by atoms with van der Waals surface area (Å²) in [6, 6.07) is 6.28. The maximum Gasteiger partial charge on any atom is 0.140 e. The van der Waals surface area contributed by atoms with Crippen molar-refractivity contribution in [2.24, 2.45) is 5.92 Å². The van der Waals surface area contributed by atoms with Crippen LogP contribution in [0.2, 0.25) is 0 Å². The highest BCUT2D eigenvalue weighted by Crippen LogP contribution is 2.26. The van der Waals surface area contributed by atoms with Gasteiger partial charge in [0.15, 0.2) is 0 Å². The Morgan fingerprint density at radius 1 is 1.12 bits per heavy atom. The van der Waals surface area contributed by atoms with Crippen molar-refractivity contribution in [3.8, 4) is 0 Å². The molecule has 0 aromatic heterocycles. The molecule has 0 bridgehead atoms. The summed E-state index contributed by atoms with van der Waals surface area (Å²) in [5.74, 6) is 0.796. The summed E-state index contributed by atoms with van der Waals surface area (Å²) in [5.41, 5.74) is 3.77. The predicted octanol–water partition coefficient (Wildman–Crippen LogP) is 4.00. The smallest absolute Gasteiger partial charge is 0.140 e. The van der Waals surface area contributed by atoms with Crippen molar-refractivity contribution in [3.05, 3.63) is 34.9 Å². The molecule has 0 aliphatic heterocycles. The van der Waals surface area contributed by atoms with Gasteiger partial charge in [-0.25, -0.2) is 0 Å². The highest BCUT2D eigenvalue weighted by Gasteiger charge is 2.21. The van der Waals surface area contributed by atoms with Gasteiger partial charge in [-0.1, -0.05) is 37.5 Å². The van der Waals surface area contributed by atoms with Crippen LogP contribution >= 0.6 is 0 Å². The Morgan fingerprint density at radius 2 is 1.71 bits per heavy atom. The van der Waals surface area contributed by atoms with E-state index in [1.165, 1.54) is 36.0 Å². The van der Waals surface area contributed by atoms with Crippen LogP contribution in [0.5, 0.6) is 0 Å². The lowest BCUT2D eigenvalue weighted by atomic mass is 9.83. The van der Waals surface area contributed by atoms with E-state index >= 15 is 0 Å². The van der Waals surface area contributed by atoms with Crippen molar-refractivity contribution in [1.29, 1.82) is 0 Å². The van der Waals surface area contributed by atoms with E-state index in [1.807, 2.05) is 0 Å². The standard InChI is InChI=1S/C16H22O/c1-12-7-6-8-13(2)15(12)11-16(17)14-9-4-3-5-10-14/h6-8,14H,3-5,9-11H2,1-2H3. The van der Waals surface area contributed by atoms with Crippen LogP contribution in [-0.2, 0) is 11.2 Å². The average Bonchev–Trinajstić information content (AvgIpc) is 2.35. The van der Waals surface area contributed by atoms with Crippen LogP contribution in [0.1, 0.15) is 48.8 Å². The monoisotopic (exact) mass is 230 g/mol. The van der Waals surface area contributed by atoms with E-state index in [4.69, 9.17) is 0 Å². The lowest BCUT2D eigenvalue weighted by molar-refractivity contribution is -0.123. The first-order valence-corrected chi connectivity index (χ1v) is 6.76. The van der Waals surface area contributed by atoms with Gasteiger partial charge in [0.05, 0.1) is 0 Å². The maximum absolute atomic E-state index is 12.3. The zero-order valence-electron chi connectivity index (χ0n) is 11.0. The topological polar surface area (TPSA) is 17.1 Å². The van der Waals surface area contributed by atoms with Crippen molar-refractivity contribution in [2.45, 2.75) is 52.4 Å². The minimum Gasteiger partial charge on any atom is -0.299 e. The van der Waals surface area contributed by atoms with Gasteiger partial charge in [0, 0.05) is 12.3 Å². The minimum absolute atomic E-state index is 0.336. The molecule has 17 heavy (non-hydrogen) atoms. The minimum atomic E-state index is 0.336. The number of benzene rings is 1. The zero-order valence-corrected chi connectivity index (χ0v) is 11.0. The molecule has 1 fully saturated rings. The fourth-order valence-corrected chi connectivity index (χ4v) is 2.87. The van der Waals surface area contributed by atoms with Gasteiger partial charge < -0.3 is 0 Å². The first-order valence-electron chi connectivity index (χ1n) is 6.76. The van der Waals surface area contributed by atoms with Crippen molar-refractivity contribution >= 4 is 5.78 Å². The molecule has 1 aromatic rings. The maximum atomic E-state index is 12.3. The van der Waals surface area contributed by atoms with Crippen molar-refractivity contribution in [2.75, 3.05) is 0 Å². The molecule has 1 aliphatic carbocycles. The quantitative estimate of drug-likeness (QED) is 0.767. The van der Waals surface area contributed by atoms with Crippen molar-refractivity contribution < 1.29 is 4.79 Å². The fourth-order valence-electron chi connectivity index (χ4n) is 2.87. The Balaban J connectivity index is 2.07. The number of carbonyl (C=O) groups is 1. The largest absolute Gasteiger partial charge is 0.299 e. The van der Waals surface area contributed by atoms with E-state index in [2.05, 4.69) is 32.0 Å².